The summed E-state index contributed by atoms with van der Waals surface area (Å²) in [5.41, 5.74) is 1.21. The molecule has 0 spiro atoms. The molecule has 28 heavy (non-hydrogen) atoms. The van der Waals surface area contributed by atoms with Crippen LogP contribution >= 0.6 is 15.9 Å². The van der Waals surface area contributed by atoms with Crippen molar-refractivity contribution in [2.75, 3.05) is 57.3 Å². The van der Waals surface area contributed by atoms with Crippen molar-refractivity contribution in [3.8, 4) is 0 Å². The van der Waals surface area contributed by atoms with Gasteiger partial charge in [-0.15, -0.1) is 0 Å². The van der Waals surface area contributed by atoms with Gasteiger partial charge < -0.3 is 9.64 Å². The van der Waals surface area contributed by atoms with Crippen LogP contribution in [0.25, 0.3) is 0 Å². The number of anilines is 1. The Balaban J connectivity index is 1.59. The van der Waals surface area contributed by atoms with Gasteiger partial charge in [0.05, 0.1) is 12.6 Å². The second-order valence-corrected chi connectivity index (χ2v) is 8.50. The number of piperazine rings is 1. The van der Waals surface area contributed by atoms with Gasteiger partial charge in [-0.2, -0.15) is 0 Å². The van der Waals surface area contributed by atoms with Crippen molar-refractivity contribution in [1.29, 1.82) is 0 Å². The number of ether oxygens (including phenoxy) is 1. The minimum atomic E-state index is -1.58. The quantitative estimate of drug-likeness (QED) is 0.589. The number of esters is 1. The van der Waals surface area contributed by atoms with Gasteiger partial charge >= 0.3 is 5.97 Å². The molecule has 0 aromatic heterocycles. The van der Waals surface area contributed by atoms with Crippen LogP contribution in [0.4, 0.5) is 10.1 Å². The summed E-state index contributed by atoms with van der Waals surface area (Å²) in [5.74, 6) is -0.716. The molecule has 1 aromatic carbocycles. The number of benzene rings is 1. The van der Waals surface area contributed by atoms with Crippen LogP contribution in [-0.2, 0) is 9.53 Å². The molecule has 0 radical (unpaired) electrons. The number of halogens is 2. The van der Waals surface area contributed by atoms with Crippen molar-refractivity contribution in [2.45, 2.75) is 38.4 Å². The molecule has 2 fully saturated rings. The predicted octanol–water partition coefficient (Wildman–Crippen LogP) is 3.33. The summed E-state index contributed by atoms with van der Waals surface area (Å²) in [7, 11) is 0. The van der Waals surface area contributed by atoms with E-state index in [-0.39, 0.29) is 6.61 Å². The highest BCUT2D eigenvalue weighted by Gasteiger charge is 2.36. The number of nitrogens with zero attached hydrogens (tertiary/aromatic N) is 3. The Labute approximate surface area is 175 Å². The topological polar surface area (TPSA) is 36.0 Å². The normalized spacial score (nSPS) is 21.3. The lowest BCUT2D eigenvalue weighted by molar-refractivity contribution is -0.152. The summed E-state index contributed by atoms with van der Waals surface area (Å²) in [5, 5.41) is 0. The number of alkyl halides is 1. The van der Waals surface area contributed by atoms with Crippen LogP contribution in [0.5, 0.6) is 0 Å². The molecule has 2 aliphatic heterocycles. The van der Waals surface area contributed by atoms with Crippen molar-refractivity contribution in [1.82, 2.24) is 9.80 Å². The van der Waals surface area contributed by atoms with Crippen molar-refractivity contribution in [2.24, 2.45) is 0 Å². The van der Waals surface area contributed by atoms with E-state index in [4.69, 9.17) is 4.74 Å². The maximum absolute atomic E-state index is 15.0. The predicted molar refractivity (Wildman–Crippen MR) is 114 cm³/mol. The highest BCUT2D eigenvalue weighted by atomic mass is 79.9. The maximum Gasteiger partial charge on any atom is 0.342 e. The third-order valence-corrected chi connectivity index (χ3v) is 6.25. The summed E-state index contributed by atoms with van der Waals surface area (Å²) in [4.78, 5) is 18.9. The Morgan fingerprint density at radius 1 is 1.07 bits per heavy atom. The lowest BCUT2D eigenvalue weighted by Crippen LogP contribution is -2.56. The number of carbonyl (C=O) groups is 1. The van der Waals surface area contributed by atoms with E-state index in [1.165, 1.54) is 12.1 Å². The van der Waals surface area contributed by atoms with Crippen LogP contribution in [-0.4, -0.2) is 80.4 Å². The lowest BCUT2D eigenvalue weighted by Gasteiger charge is -2.41. The van der Waals surface area contributed by atoms with Crippen LogP contribution in [0.2, 0.25) is 0 Å². The third-order valence-electron chi connectivity index (χ3n) is 5.72. The van der Waals surface area contributed by atoms with Gasteiger partial charge in [0, 0.05) is 42.9 Å². The van der Waals surface area contributed by atoms with Crippen LogP contribution < -0.4 is 4.90 Å². The minimum absolute atomic E-state index is 0.220. The summed E-state index contributed by atoms with van der Waals surface area (Å²) in [6.07, 6.45) is 1.75. The molecule has 5 nitrogen and oxygen atoms in total. The first-order valence-electron chi connectivity index (χ1n) is 10.4. The van der Waals surface area contributed by atoms with Crippen molar-refractivity contribution < 1.29 is 13.9 Å². The fourth-order valence-electron chi connectivity index (χ4n) is 4.13. The van der Waals surface area contributed by atoms with Gasteiger partial charge in [-0.05, 0) is 57.1 Å². The molecule has 1 unspecified atom stereocenters. The zero-order valence-corrected chi connectivity index (χ0v) is 18.2. The molecule has 2 saturated heterocycles. The summed E-state index contributed by atoms with van der Waals surface area (Å²) in [6, 6.07) is 7.93. The fourth-order valence-corrected chi connectivity index (χ4v) is 4.39. The Hall–Kier alpha value is -1.18. The molecule has 0 amide bonds. The number of piperidine rings is 1. The van der Waals surface area contributed by atoms with E-state index in [1.807, 2.05) is 0 Å². The van der Waals surface area contributed by atoms with E-state index in [0.717, 1.165) is 56.6 Å². The Morgan fingerprint density at radius 3 is 2.32 bits per heavy atom. The molecule has 3 rings (SSSR count). The third kappa shape index (κ3) is 5.67. The fraction of sp³-hybridized carbons (Fsp3) is 0.667. The standard InChI is InChI=1S/C21H31BrFN3O2/c1-2-28-21(27)20(23)19(26-10-4-3-5-11-26)16-24-12-14-25(15-13-24)18-8-6-17(22)7-9-18/h6-9,19-20H,2-5,10-16H2,1H3/t19?,20-/m1/s1. The number of rotatable bonds is 7. The van der Waals surface area contributed by atoms with Gasteiger partial charge in [0.15, 0.2) is 0 Å². The molecule has 7 heteroatoms. The average molecular weight is 456 g/mol. The van der Waals surface area contributed by atoms with Crippen LogP contribution in [0.15, 0.2) is 28.7 Å². The van der Waals surface area contributed by atoms with Crippen LogP contribution in [0, 0.1) is 0 Å². The largest absolute Gasteiger partial charge is 0.464 e. The highest BCUT2D eigenvalue weighted by Crippen LogP contribution is 2.22. The van der Waals surface area contributed by atoms with Gasteiger partial charge in [0.25, 0.3) is 0 Å². The molecule has 0 bridgehead atoms. The molecule has 2 aliphatic rings. The molecule has 0 aliphatic carbocycles. The number of hydrogen-bond acceptors (Lipinski definition) is 5. The molecule has 2 heterocycles. The monoisotopic (exact) mass is 455 g/mol. The van der Waals surface area contributed by atoms with Crippen molar-refractivity contribution >= 4 is 27.6 Å². The minimum Gasteiger partial charge on any atom is -0.464 e. The SMILES string of the molecule is CCOC(=O)[C@H](F)C(CN1CCN(c2ccc(Br)cc2)CC1)N1CCCCC1. The molecule has 1 aromatic rings. The van der Waals surface area contributed by atoms with E-state index in [9.17, 15) is 4.79 Å². The molecular formula is C21H31BrFN3O2. The Morgan fingerprint density at radius 2 is 1.71 bits per heavy atom. The zero-order chi connectivity index (χ0) is 19.9. The molecule has 2 atom stereocenters. The van der Waals surface area contributed by atoms with E-state index < -0.39 is 18.2 Å². The van der Waals surface area contributed by atoms with Gasteiger partial charge in [0.1, 0.15) is 0 Å². The molecule has 0 saturated carbocycles. The lowest BCUT2D eigenvalue weighted by atomic mass is 10.0. The zero-order valence-electron chi connectivity index (χ0n) is 16.7. The first-order chi connectivity index (χ1) is 13.6. The van der Waals surface area contributed by atoms with E-state index in [0.29, 0.717) is 6.54 Å². The second-order valence-electron chi connectivity index (χ2n) is 7.58. The van der Waals surface area contributed by atoms with Crippen molar-refractivity contribution in [3.05, 3.63) is 28.7 Å². The summed E-state index contributed by atoms with van der Waals surface area (Å²) >= 11 is 3.48. The Kier molecular flexibility index (Phi) is 8.11. The second kappa shape index (κ2) is 10.6. The van der Waals surface area contributed by atoms with E-state index in [1.54, 1.807) is 6.92 Å². The summed E-state index contributed by atoms with van der Waals surface area (Å²) in [6.45, 7) is 7.81. The van der Waals surface area contributed by atoms with Crippen LogP contribution in [0.3, 0.4) is 0 Å². The molecular weight excluding hydrogens is 425 g/mol. The average Bonchev–Trinajstić information content (AvgIpc) is 2.73. The van der Waals surface area contributed by atoms with E-state index >= 15 is 4.39 Å². The van der Waals surface area contributed by atoms with Gasteiger partial charge in [0.2, 0.25) is 6.17 Å². The van der Waals surface area contributed by atoms with E-state index in [2.05, 4.69) is 54.9 Å². The highest BCUT2D eigenvalue weighted by molar-refractivity contribution is 9.10. The van der Waals surface area contributed by atoms with Gasteiger partial charge in [-0.3, -0.25) is 9.80 Å². The number of likely N-dealkylation sites (tertiary alicyclic amines) is 1. The Bertz CT molecular complexity index is 617. The van der Waals surface area contributed by atoms with Crippen LogP contribution in [0.1, 0.15) is 26.2 Å². The van der Waals surface area contributed by atoms with Crippen molar-refractivity contribution in [3.63, 3.8) is 0 Å². The maximum atomic E-state index is 15.0. The smallest absolute Gasteiger partial charge is 0.342 e. The van der Waals surface area contributed by atoms with Gasteiger partial charge in [-0.25, -0.2) is 9.18 Å². The number of hydrogen-bond donors (Lipinski definition) is 0. The number of carbonyl (C=O) groups excluding carboxylic acids is 1. The first kappa shape index (κ1) is 21.5. The first-order valence-corrected chi connectivity index (χ1v) is 11.2. The van der Waals surface area contributed by atoms with Gasteiger partial charge in [-0.1, -0.05) is 22.4 Å². The molecule has 156 valence electrons. The summed E-state index contributed by atoms with van der Waals surface area (Å²) < 4.78 is 21.1. The molecule has 0 N–H and O–H groups in total.